The number of nitrogens with zero attached hydrogens (tertiary/aromatic N) is 1. The van der Waals surface area contributed by atoms with Crippen LogP contribution in [0.1, 0.15) is 12.5 Å². The van der Waals surface area contributed by atoms with Gasteiger partial charge in [-0.1, -0.05) is 24.3 Å². The maximum atomic E-state index is 12.9. The van der Waals surface area contributed by atoms with E-state index < -0.39 is 0 Å². The monoisotopic (exact) mass is 307 g/mol. The summed E-state index contributed by atoms with van der Waals surface area (Å²) in [4.78, 5) is 26.8. The van der Waals surface area contributed by atoms with E-state index in [0.717, 1.165) is 0 Å². The molecule has 3 rings (SSSR count). The summed E-state index contributed by atoms with van der Waals surface area (Å²) in [6, 6.07) is 12.5. The van der Waals surface area contributed by atoms with Gasteiger partial charge >= 0.3 is 0 Å². The third-order valence-corrected chi connectivity index (χ3v) is 3.66. The minimum absolute atomic E-state index is 0.0984. The molecular formula is C19H17NO3. The average Bonchev–Trinajstić information content (AvgIpc) is 2.52. The first kappa shape index (κ1) is 15.0. The summed E-state index contributed by atoms with van der Waals surface area (Å²) in [6.45, 7) is 1.50. The Kier molecular flexibility index (Phi) is 3.74. The maximum Gasteiger partial charge on any atom is 0.201 e. The van der Waals surface area contributed by atoms with Gasteiger partial charge in [-0.15, -0.1) is 0 Å². The van der Waals surface area contributed by atoms with E-state index in [1.807, 2.05) is 20.2 Å². The first-order valence-electron chi connectivity index (χ1n) is 7.33. The van der Waals surface area contributed by atoms with Gasteiger partial charge in [0, 0.05) is 31.4 Å². The molecule has 0 N–H and O–H groups in total. The van der Waals surface area contributed by atoms with Crippen LogP contribution in [0, 0.1) is 0 Å². The topological polar surface area (TPSA) is 50.5 Å². The Labute approximate surface area is 133 Å². The maximum absolute atomic E-state index is 12.9. The lowest BCUT2D eigenvalue weighted by atomic mass is 9.98. The number of fused-ring (bicyclic) bond motifs is 2. The highest BCUT2D eigenvalue weighted by atomic mass is 16.3. The molecule has 23 heavy (non-hydrogen) atoms. The summed E-state index contributed by atoms with van der Waals surface area (Å²) in [5.74, 6) is -0.0984. The first-order valence-corrected chi connectivity index (χ1v) is 7.33. The molecule has 1 heterocycles. The zero-order chi connectivity index (χ0) is 16.6. The van der Waals surface area contributed by atoms with Crippen molar-refractivity contribution in [3.05, 3.63) is 64.5 Å². The van der Waals surface area contributed by atoms with E-state index in [2.05, 4.69) is 0 Å². The Morgan fingerprint density at radius 1 is 1.04 bits per heavy atom. The lowest BCUT2D eigenvalue weighted by Crippen LogP contribution is -2.10. The quantitative estimate of drug-likeness (QED) is 0.549. The summed E-state index contributed by atoms with van der Waals surface area (Å²) >= 11 is 0. The van der Waals surface area contributed by atoms with E-state index in [-0.39, 0.29) is 11.2 Å². The number of hydrogen-bond acceptors (Lipinski definition) is 4. The van der Waals surface area contributed by atoms with E-state index in [1.54, 1.807) is 47.5 Å². The van der Waals surface area contributed by atoms with Crippen molar-refractivity contribution in [2.24, 2.45) is 0 Å². The second kappa shape index (κ2) is 5.72. The molecule has 0 radical (unpaired) electrons. The lowest BCUT2D eigenvalue weighted by Gasteiger charge is -2.12. The Balaban J connectivity index is 2.45. The third-order valence-electron chi connectivity index (χ3n) is 3.66. The molecule has 1 aromatic heterocycles. The van der Waals surface area contributed by atoms with Crippen LogP contribution >= 0.6 is 0 Å². The number of carbonyl (C=O) groups is 1. The van der Waals surface area contributed by atoms with Crippen LogP contribution in [0.3, 0.4) is 0 Å². The summed E-state index contributed by atoms with van der Waals surface area (Å²) in [7, 11) is 3.68. The molecule has 0 unspecified atom stereocenters. The Morgan fingerprint density at radius 2 is 1.74 bits per heavy atom. The number of allylic oxidation sites excluding steroid dienone is 1. The minimum atomic E-state index is -0.122. The predicted molar refractivity (Wildman–Crippen MR) is 92.3 cm³/mol. The molecule has 0 fully saturated rings. The minimum Gasteiger partial charge on any atom is -0.456 e. The van der Waals surface area contributed by atoms with Gasteiger partial charge in [0.2, 0.25) is 5.43 Å². The predicted octanol–water partition coefficient (Wildman–Crippen LogP) is 3.44. The molecular weight excluding hydrogens is 290 g/mol. The molecule has 0 spiro atoms. The van der Waals surface area contributed by atoms with E-state index in [4.69, 9.17) is 4.42 Å². The highest BCUT2D eigenvalue weighted by molar-refractivity contribution is 6.22. The largest absolute Gasteiger partial charge is 0.456 e. The summed E-state index contributed by atoms with van der Waals surface area (Å²) in [5.41, 5.74) is 2.00. The molecule has 0 saturated carbocycles. The average molecular weight is 307 g/mol. The molecule has 4 nitrogen and oxygen atoms in total. The molecule has 4 heteroatoms. The van der Waals surface area contributed by atoms with Crippen molar-refractivity contribution >= 4 is 33.3 Å². The Hall–Kier alpha value is -2.88. The number of Topliss-reactive ketones (excluding diaryl/α,β-unsaturated/α-hetero) is 1. The van der Waals surface area contributed by atoms with Crippen molar-refractivity contribution in [3.63, 3.8) is 0 Å². The van der Waals surface area contributed by atoms with Gasteiger partial charge in [-0.2, -0.15) is 0 Å². The van der Waals surface area contributed by atoms with Crippen LogP contribution in [0.15, 0.2) is 57.9 Å². The van der Waals surface area contributed by atoms with E-state index in [1.165, 1.54) is 6.92 Å². The van der Waals surface area contributed by atoms with Gasteiger partial charge in [0.25, 0.3) is 0 Å². The summed E-state index contributed by atoms with van der Waals surface area (Å²) in [5, 5.41) is 0.953. The second-order valence-corrected chi connectivity index (χ2v) is 5.67. The van der Waals surface area contributed by atoms with Crippen molar-refractivity contribution in [1.82, 2.24) is 4.90 Å². The van der Waals surface area contributed by atoms with Crippen molar-refractivity contribution in [2.45, 2.75) is 6.92 Å². The zero-order valence-corrected chi connectivity index (χ0v) is 13.3. The third kappa shape index (κ3) is 2.63. The standard InChI is InChI=1S/C19H17NO3/c1-12(21)15(11-20(2)3)13-8-6-10-17-18(13)19(22)14-7-4-5-9-16(14)23-17/h4-11H,1-3H3/b15-11+. The number of hydrogen-bond donors (Lipinski definition) is 0. The molecule has 0 aliphatic carbocycles. The van der Waals surface area contributed by atoms with Crippen LogP contribution in [-0.2, 0) is 4.79 Å². The summed E-state index contributed by atoms with van der Waals surface area (Å²) in [6.07, 6.45) is 1.73. The van der Waals surface area contributed by atoms with Crippen LogP contribution in [-0.4, -0.2) is 24.8 Å². The molecule has 0 atom stereocenters. The normalized spacial score (nSPS) is 11.9. The molecule has 0 bridgehead atoms. The van der Waals surface area contributed by atoms with Gasteiger partial charge in [-0.25, -0.2) is 0 Å². The molecule has 3 aromatic rings. The number of rotatable bonds is 3. The molecule has 0 aliphatic rings. The van der Waals surface area contributed by atoms with E-state index in [0.29, 0.717) is 33.1 Å². The van der Waals surface area contributed by atoms with E-state index in [9.17, 15) is 9.59 Å². The Morgan fingerprint density at radius 3 is 2.43 bits per heavy atom. The molecule has 116 valence electrons. The molecule has 0 aliphatic heterocycles. The molecule has 2 aromatic carbocycles. The highest BCUT2D eigenvalue weighted by Crippen LogP contribution is 2.26. The van der Waals surface area contributed by atoms with Gasteiger partial charge in [0.05, 0.1) is 10.8 Å². The van der Waals surface area contributed by atoms with Gasteiger partial charge in [0.1, 0.15) is 11.2 Å². The van der Waals surface area contributed by atoms with Crippen molar-refractivity contribution in [3.8, 4) is 0 Å². The number of para-hydroxylation sites is 1. The fourth-order valence-corrected chi connectivity index (χ4v) is 2.68. The SMILES string of the molecule is CC(=O)/C(=C\N(C)C)c1cccc2oc3ccccc3c(=O)c12. The first-order chi connectivity index (χ1) is 11.0. The van der Waals surface area contributed by atoms with Crippen LogP contribution in [0.4, 0.5) is 0 Å². The van der Waals surface area contributed by atoms with Crippen LogP contribution in [0.5, 0.6) is 0 Å². The van der Waals surface area contributed by atoms with Crippen molar-refractivity contribution < 1.29 is 9.21 Å². The van der Waals surface area contributed by atoms with Crippen molar-refractivity contribution in [2.75, 3.05) is 14.1 Å². The lowest BCUT2D eigenvalue weighted by molar-refractivity contribution is -0.111. The fourth-order valence-electron chi connectivity index (χ4n) is 2.68. The number of benzene rings is 2. The highest BCUT2D eigenvalue weighted by Gasteiger charge is 2.16. The number of carbonyl (C=O) groups excluding carboxylic acids is 1. The van der Waals surface area contributed by atoms with Gasteiger partial charge < -0.3 is 9.32 Å². The zero-order valence-electron chi connectivity index (χ0n) is 13.3. The Bertz CT molecular complexity index is 996. The second-order valence-electron chi connectivity index (χ2n) is 5.67. The molecule has 0 saturated heterocycles. The van der Waals surface area contributed by atoms with E-state index >= 15 is 0 Å². The number of ketones is 1. The van der Waals surface area contributed by atoms with Crippen LogP contribution < -0.4 is 5.43 Å². The fraction of sp³-hybridized carbons (Fsp3) is 0.158. The van der Waals surface area contributed by atoms with Gasteiger partial charge in [-0.05, 0) is 25.1 Å². The molecule has 0 amide bonds. The van der Waals surface area contributed by atoms with Gasteiger partial charge in [-0.3, -0.25) is 9.59 Å². The van der Waals surface area contributed by atoms with Crippen LogP contribution in [0.2, 0.25) is 0 Å². The van der Waals surface area contributed by atoms with Crippen molar-refractivity contribution in [1.29, 1.82) is 0 Å². The summed E-state index contributed by atoms with van der Waals surface area (Å²) < 4.78 is 5.85. The smallest absolute Gasteiger partial charge is 0.201 e. The van der Waals surface area contributed by atoms with Crippen LogP contribution in [0.25, 0.3) is 27.5 Å². The van der Waals surface area contributed by atoms with Gasteiger partial charge in [0.15, 0.2) is 5.78 Å².